The van der Waals surface area contributed by atoms with Gasteiger partial charge in [-0.1, -0.05) is 6.92 Å². The maximum atomic E-state index is 4.22. The second kappa shape index (κ2) is 4.97. The molecule has 5 nitrogen and oxygen atoms in total. The molecule has 18 heavy (non-hydrogen) atoms. The predicted octanol–water partition coefficient (Wildman–Crippen LogP) is 0.920. The van der Waals surface area contributed by atoms with Gasteiger partial charge in [-0.2, -0.15) is 0 Å². The van der Waals surface area contributed by atoms with Gasteiger partial charge in [0.05, 0.1) is 6.54 Å². The van der Waals surface area contributed by atoms with Gasteiger partial charge in [-0.15, -0.1) is 10.2 Å². The summed E-state index contributed by atoms with van der Waals surface area (Å²) in [6.45, 7) is 4.26. The minimum atomic E-state index is 0.725. The third-order valence-corrected chi connectivity index (χ3v) is 4.51. The smallest absolute Gasteiger partial charge is 0.146 e. The molecule has 3 rings (SSSR count). The van der Waals surface area contributed by atoms with Crippen LogP contribution in [0.2, 0.25) is 0 Å². The number of aryl methyl sites for hydroxylation is 1. The second-order valence-corrected chi connectivity index (χ2v) is 5.64. The van der Waals surface area contributed by atoms with Crippen molar-refractivity contribution in [3.8, 4) is 0 Å². The van der Waals surface area contributed by atoms with Gasteiger partial charge in [0.15, 0.2) is 0 Å². The average Bonchev–Trinajstić information content (AvgIpc) is 2.84. The molecule has 2 aliphatic rings. The van der Waals surface area contributed by atoms with Gasteiger partial charge in [0.1, 0.15) is 12.2 Å². The zero-order valence-electron chi connectivity index (χ0n) is 11.3. The van der Waals surface area contributed by atoms with E-state index in [-0.39, 0.29) is 0 Å². The molecule has 1 N–H and O–H groups in total. The Morgan fingerprint density at radius 1 is 1.33 bits per heavy atom. The first kappa shape index (κ1) is 12.1. The first-order chi connectivity index (χ1) is 8.78. The van der Waals surface area contributed by atoms with Crippen molar-refractivity contribution >= 4 is 0 Å². The largest absolute Gasteiger partial charge is 0.320 e. The molecular weight excluding hydrogens is 226 g/mol. The molecule has 0 aromatic carbocycles. The van der Waals surface area contributed by atoms with Gasteiger partial charge in [-0.05, 0) is 32.2 Å². The zero-order valence-corrected chi connectivity index (χ0v) is 11.3. The summed E-state index contributed by atoms with van der Waals surface area (Å²) in [5.41, 5.74) is 0. The van der Waals surface area contributed by atoms with E-state index < -0.39 is 0 Å². The van der Waals surface area contributed by atoms with Gasteiger partial charge in [-0.25, -0.2) is 0 Å². The van der Waals surface area contributed by atoms with E-state index in [4.69, 9.17) is 0 Å². The number of hydrogen-bond acceptors (Lipinski definition) is 4. The van der Waals surface area contributed by atoms with Crippen LogP contribution in [0.15, 0.2) is 6.33 Å². The SMILES string of the molecule is CCNC1CC2CCC(C1)N2Cc1nncn1C. The fraction of sp³-hybridized carbons (Fsp3) is 0.846. The molecule has 0 saturated carbocycles. The van der Waals surface area contributed by atoms with Crippen LogP contribution in [0.1, 0.15) is 38.4 Å². The Bertz CT molecular complexity index is 388. The summed E-state index contributed by atoms with van der Waals surface area (Å²) < 4.78 is 2.04. The van der Waals surface area contributed by atoms with Crippen LogP contribution in [-0.4, -0.2) is 44.3 Å². The lowest BCUT2D eigenvalue weighted by Crippen LogP contribution is -2.48. The van der Waals surface area contributed by atoms with E-state index in [0.717, 1.165) is 37.0 Å². The lowest BCUT2D eigenvalue weighted by Gasteiger charge is -2.38. The van der Waals surface area contributed by atoms with Crippen LogP contribution in [0.3, 0.4) is 0 Å². The highest BCUT2D eigenvalue weighted by atomic mass is 15.3. The van der Waals surface area contributed by atoms with Crippen LogP contribution >= 0.6 is 0 Å². The van der Waals surface area contributed by atoms with Gasteiger partial charge >= 0.3 is 0 Å². The van der Waals surface area contributed by atoms with E-state index in [9.17, 15) is 0 Å². The number of nitrogens with one attached hydrogen (secondary N) is 1. The number of piperidine rings is 1. The quantitative estimate of drug-likeness (QED) is 0.862. The first-order valence-electron chi connectivity index (χ1n) is 7.10. The van der Waals surface area contributed by atoms with Gasteiger partial charge in [0, 0.05) is 25.2 Å². The Balaban J connectivity index is 1.67. The number of hydrogen-bond donors (Lipinski definition) is 1. The van der Waals surface area contributed by atoms with Crippen LogP contribution in [0.4, 0.5) is 0 Å². The minimum absolute atomic E-state index is 0.725. The molecule has 2 atom stereocenters. The van der Waals surface area contributed by atoms with E-state index in [1.165, 1.54) is 25.7 Å². The summed E-state index contributed by atoms with van der Waals surface area (Å²) in [5.74, 6) is 1.09. The lowest BCUT2D eigenvalue weighted by molar-refractivity contribution is 0.106. The highest BCUT2D eigenvalue weighted by Gasteiger charge is 2.40. The fourth-order valence-electron chi connectivity index (χ4n) is 3.60. The molecule has 0 radical (unpaired) electrons. The Kier molecular flexibility index (Phi) is 3.35. The summed E-state index contributed by atoms with van der Waals surface area (Å²) in [6, 6.07) is 2.21. The molecule has 2 fully saturated rings. The molecule has 100 valence electrons. The number of aromatic nitrogens is 3. The minimum Gasteiger partial charge on any atom is -0.320 e. The van der Waals surface area contributed by atoms with Crippen molar-refractivity contribution in [2.24, 2.45) is 7.05 Å². The van der Waals surface area contributed by atoms with Crippen LogP contribution in [0.25, 0.3) is 0 Å². The van der Waals surface area contributed by atoms with E-state index in [2.05, 4.69) is 27.3 Å². The molecule has 1 aromatic heterocycles. The maximum absolute atomic E-state index is 4.22. The zero-order chi connectivity index (χ0) is 12.5. The van der Waals surface area contributed by atoms with Crippen molar-refractivity contribution < 1.29 is 0 Å². The van der Waals surface area contributed by atoms with E-state index in [0.29, 0.717) is 0 Å². The summed E-state index contributed by atoms with van der Waals surface area (Å²) in [6.07, 6.45) is 7.09. The summed E-state index contributed by atoms with van der Waals surface area (Å²) in [5, 5.41) is 11.8. The topological polar surface area (TPSA) is 46.0 Å². The standard InChI is InChI=1S/C13H23N5/c1-3-14-10-6-11-4-5-12(7-10)18(11)8-13-16-15-9-17(13)2/h9-12,14H,3-8H2,1-2H3. The molecule has 5 heteroatoms. The van der Waals surface area contributed by atoms with Gasteiger partial charge in [0.2, 0.25) is 0 Å². The average molecular weight is 249 g/mol. The lowest BCUT2D eigenvalue weighted by atomic mass is 9.97. The van der Waals surface area contributed by atoms with Crippen molar-refractivity contribution in [1.82, 2.24) is 25.0 Å². The summed E-state index contributed by atoms with van der Waals surface area (Å²) in [4.78, 5) is 2.65. The van der Waals surface area contributed by atoms with Gasteiger partial charge < -0.3 is 9.88 Å². The Morgan fingerprint density at radius 3 is 2.61 bits per heavy atom. The van der Waals surface area contributed by atoms with Gasteiger partial charge in [0.25, 0.3) is 0 Å². The molecular formula is C13H23N5. The van der Waals surface area contributed by atoms with Crippen molar-refractivity contribution in [3.05, 3.63) is 12.2 Å². The molecule has 2 unspecified atom stereocenters. The van der Waals surface area contributed by atoms with Crippen LogP contribution in [0.5, 0.6) is 0 Å². The second-order valence-electron chi connectivity index (χ2n) is 5.64. The molecule has 0 amide bonds. The number of rotatable bonds is 4. The Labute approximate surface area is 109 Å². The van der Waals surface area contributed by atoms with Crippen molar-refractivity contribution in [2.45, 2.75) is 57.3 Å². The Hall–Kier alpha value is -0.940. The molecule has 3 heterocycles. The molecule has 2 saturated heterocycles. The van der Waals surface area contributed by atoms with Crippen LogP contribution in [-0.2, 0) is 13.6 Å². The highest BCUT2D eigenvalue weighted by molar-refractivity contribution is 4.99. The van der Waals surface area contributed by atoms with Crippen LogP contribution in [0, 0.1) is 0 Å². The van der Waals surface area contributed by atoms with Crippen molar-refractivity contribution in [2.75, 3.05) is 6.54 Å². The van der Waals surface area contributed by atoms with E-state index in [1.807, 2.05) is 11.6 Å². The van der Waals surface area contributed by atoms with Crippen LogP contribution < -0.4 is 5.32 Å². The van der Waals surface area contributed by atoms with E-state index >= 15 is 0 Å². The van der Waals surface area contributed by atoms with Gasteiger partial charge in [-0.3, -0.25) is 4.90 Å². The third-order valence-electron chi connectivity index (χ3n) is 4.51. The van der Waals surface area contributed by atoms with Crippen molar-refractivity contribution in [3.63, 3.8) is 0 Å². The molecule has 0 spiro atoms. The number of nitrogens with zero attached hydrogens (tertiary/aromatic N) is 4. The van der Waals surface area contributed by atoms with E-state index in [1.54, 1.807) is 6.33 Å². The normalized spacial score (nSPS) is 32.0. The Morgan fingerprint density at radius 2 is 2.06 bits per heavy atom. The van der Waals surface area contributed by atoms with Crippen molar-refractivity contribution in [1.29, 1.82) is 0 Å². The molecule has 2 bridgehead atoms. The summed E-state index contributed by atoms with van der Waals surface area (Å²) in [7, 11) is 2.03. The number of fused-ring (bicyclic) bond motifs is 2. The maximum Gasteiger partial charge on any atom is 0.146 e. The molecule has 1 aromatic rings. The third kappa shape index (κ3) is 2.17. The summed E-state index contributed by atoms with van der Waals surface area (Å²) >= 11 is 0. The molecule has 0 aliphatic carbocycles. The fourth-order valence-corrected chi connectivity index (χ4v) is 3.60. The predicted molar refractivity (Wildman–Crippen MR) is 70.1 cm³/mol. The monoisotopic (exact) mass is 249 g/mol. The highest BCUT2D eigenvalue weighted by Crippen LogP contribution is 2.36. The molecule has 2 aliphatic heterocycles. The first-order valence-corrected chi connectivity index (χ1v) is 7.10.